The Hall–Kier alpha value is -3.39. The first-order valence-corrected chi connectivity index (χ1v) is 12.4. The fourth-order valence-corrected chi connectivity index (χ4v) is 4.40. The number of imidazole rings is 1. The molecule has 4 rings (SSSR count). The second-order valence-electron chi connectivity index (χ2n) is 7.52. The van der Waals surface area contributed by atoms with Gasteiger partial charge in [0.2, 0.25) is 10.0 Å². The SMILES string of the molecule is CCOc1ccc(-n2cnc3cc(N(Cc4ccc(CC)cc4)S(C)(=O)=O)cnc32)cc1. The summed E-state index contributed by atoms with van der Waals surface area (Å²) in [7, 11) is -3.51. The summed E-state index contributed by atoms with van der Waals surface area (Å²) in [5.41, 5.74) is 4.77. The Morgan fingerprint density at radius 3 is 2.28 bits per heavy atom. The fourth-order valence-electron chi connectivity index (χ4n) is 3.53. The fraction of sp³-hybridized carbons (Fsp3) is 0.250. The summed E-state index contributed by atoms with van der Waals surface area (Å²) in [5.74, 6) is 0.798. The van der Waals surface area contributed by atoms with Gasteiger partial charge in [0, 0.05) is 5.69 Å². The summed E-state index contributed by atoms with van der Waals surface area (Å²) < 4.78 is 33.9. The van der Waals surface area contributed by atoms with E-state index in [2.05, 4.69) is 16.9 Å². The van der Waals surface area contributed by atoms with E-state index in [1.54, 1.807) is 18.6 Å². The first kappa shape index (κ1) is 21.8. The van der Waals surface area contributed by atoms with Crippen molar-refractivity contribution in [3.05, 3.63) is 78.2 Å². The Labute approximate surface area is 188 Å². The maximum Gasteiger partial charge on any atom is 0.232 e. The summed E-state index contributed by atoms with van der Waals surface area (Å²) in [6.45, 7) is 4.87. The van der Waals surface area contributed by atoms with Crippen LogP contribution in [0.3, 0.4) is 0 Å². The summed E-state index contributed by atoms with van der Waals surface area (Å²) >= 11 is 0. The van der Waals surface area contributed by atoms with E-state index in [0.29, 0.717) is 23.5 Å². The molecule has 0 radical (unpaired) electrons. The molecule has 0 fully saturated rings. The van der Waals surface area contributed by atoms with E-state index in [1.165, 1.54) is 16.1 Å². The van der Waals surface area contributed by atoms with Gasteiger partial charge in [-0.05, 0) is 54.8 Å². The average Bonchev–Trinajstić information content (AvgIpc) is 3.21. The Morgan fingerprint density at radius 1 is 0.969 bits per heavy atom. The van der Waals surface area contributed by atoms with Gasteiger partial charge in [-0.2, -0.15) is 0 Å². The lowest BCUT2D eigenvalue weighted by Crippen LogP contribution is -2.29. The summed E-state index contributed by atoms with van der Waals surface area (Å²) in [6, 6.07) is 17.4. The highest BCUT2D eigenvalue weighted by molar-refractivity contribution is 7.92. The van der Waals surface area contributed by atoms with Crippen LogP contribution in [0.25, 0.3) is 16.9 Å². The van der Waals surface area contributed by atoms with Crippen molar-refractivity contribution in [1.82, 2.24) is 14.5 Å². The van der Waals surface area contributed by atoms with Crippen molar-refractivity contribution in [1.29, 1.82) is 0 Å². The van der Waals surface area contributed by atoms with Crippen molar-refractivity contribution < 1.29 is 13.2 Å². The number of ether oxygens (including phenoxy) is 1. The normalized spacial score (nSPS) is 11.6. The molecule has 4 aromatic rings. The number of sulfonamides is 1. The molecule has 2 aromatic heterocycles. The first-order valence-electron chi connectivity index (χ1n) is 10.5. The minimum atomic E-state index is -3.51. The molecular weight excluding hydrogens is 424 g/mol. The number of nitrogens with zero attached hydrogens (tertiary/aromatic N) is 4. The third-order valence-electron chi connectivity index (χ3n) is 5.24. The van der Waals surface area contributed by atoms with Crippen LogP contribution < -0.4 is 9.04 Å². The zero-order chi connectivity index (χ0) is 22.7. The zero-order valence-electron chi connectivity index (χ0n) is 18.4. The molecule has 7 nitrogen and oxygen atoms in total. The van der Waals surface area contributed by atoms with Gasteiger partial charge in [-0.1, -0.05) is 31.2 Å². The van der Waals surface area contributed by atoms with Crippen molar-refractivity contribution >= 4 is 26.9 Å². The number of pyridine rings is 1. The Balaban J connectivity index is 1.66. The Bertz CT molecular complexity index is 1310. The largest absolute Gasteiger partial charge is 0.494 e. The lowest BCUT2D eigenvalue weighted by molar-refractivity contribution is 0.340. The van der Waals surface area contributed by atoms with Crippen molar-refractivity contribution in [3.8, 4) is 11.4 Å². The number of hydrogen-bond donors (Lipinski definition) is 0. The van der Waals surface area contributed by atoms with Crippen molar-refractivity contribution in [3.63, 3.8) is 0 Å². The first-order chi connectivity index (χ1) is 15.4. The van der Waals surface area contributed by atoms with Gasteiger partial charge < -0.3 is 4.74 Å². The highest BCUT2D eigenvalue weighted by Gasteiger charge is 2.20. The summed E-state index contributed by atoms with van der Waals surface area (Å²) in [4.78, 5) is 9.00. The van der Waals surface area contributed by atoms with Gasteiger partial charge in [-0.3, -0.25) is 8.87 Å². The van der Waals surface area contributed by atoms with E-state index < -0.39 is 10.0 Å². The predicted octanol–water partition coefficient (Wildman–Crippen LogP) is 4.35. The molecule has 0 spiro atoms. The van der Waals surface area contributed by atoms with Gasteiger partial charge in [0.25, 0.3) is 0 Å². The maximum atomic E-state index is 12.6. The molecule has 0 unspecified atom stereocenters. The van der Waals surface area contributed by atoms with E-state index in [0.717, 1.165) is 23.4 Å². The summed E-state index contributed by atoms with van der Waals surface area (Å²) in [5, 5.41) is 0. The molecular formula is C24H26N4O3S. The van der Waals surface area contributed by atoms with Crippen LogP contribution in [-0.2, 0) is 23.0 Å². The molecule has 0 bridgehead atoms. The number of benzene rings is 2. The van der Waals surface area contributed by atoms with Crippen LogP contribution in [0, 0.1) is 0 Å². The van der Waals surface area contributed by atoms with Crippen molar-refractivity contribution in [2.45, 2.75) is 26.8 Å². The highest BCUT2D eigenvalue weighted by Crippen LogP contribution is 2.25. The quantitative estimate of drug-likeness (QED) is 0.399. The molecule has 8 heteroatoms. The Kier molecular flexibility index (Phi) is 6.14. The van der Waals surface area contributed by atoms with Crippen molar-refractivity contribution in [2.24, 2.45) is 0 Å². The molecule has 0 N–H and O–H groups in total. The minimum absolute atomic E-state index is 0.232. The van der Waals surface area contributed by atoms with E-state index in [1.807, 2.05) is 60.0 Å². The topological polar surface area (TPSA) is 77.3 Å². The van der Waals surface area contributed by atoms with Crippen LogP contribution in [0.4, 0.5) is 5.69 Å². The van der Waals surface area contributed by atoms with Crippen LogP contribution in [0.5, 0.6) is 5.75 Å². The van der Waals surface area contributed by atoms with E-state index in [9.17, 15) is 8.42 Å². The Morgan fingerprint density at radius 2 is 1.66 bits per heavy atom. The average molecular weight is 451 g/mol. The number of rotatable bonds is 8. The smallest absolute Gasteiger partial charge is 0.232 e. The molecule has 2 heterocycles. The molecule has 0 atom stereocenters. The number of aromatic nitrogens is 3. The molecule has 0 saturated carbocycles. The third-order valence-corrected chi connectivity index (χ3v) is 6.39. The van der Waals surface area contributed by atoms with Crippen LogP contribution in [0.1, 0.15) is 25.0 Å². The van der Waals surface area contributed by atoms with Gasteiger partial charge in [0.15, 0.2) is 5.65 Å². The molecule has 0 saturated heterocycles. The van der Waals surface area contributed by atoms with Gasteiger partial charge >= 0.3 is 0 Å². The van der Waals surface area contributed by atoms with Gasteiger partial charge in [-0.25, -0.2) is 18.4 Å². The molecule has 0 aliphatic rings. The third kappa shape index (κ3) is 4.60. The predicted molar refractivity (Wildman–Crippen MR) is 127 cm³/mol. The van der Waals surface area contributed by atoms with Gasteiger partial charge in [0.05, 0.1) is 31.3 Å². The van der Waals surface area contributed by atoms with Crippen LogP contribution in [-0.4, -0.2) is 35.8 Å². The molecule has 0 aliphatic carbocycles. The summed E-state index contributed by atoms with van der Waals surface area (Å²) in [6.07, 6.45) is 5.41. The zero-order valence-corrected chi connectivity index (χ0v) is 19.2. The lowest BCUT2D eigenvalue weighted by Gasteiger charge is -2.22. The highest BCUT2D eigenvalue weighted by atomic mass is 32.2. The maximum absolute atomic E-state index is 12.6. The van der Waals surface area contributed by atoms with Gasteiger partial charge in [-0.15, -0.1) is 0 Å². The molecule has 166 valence electrons. The molecule has 32 heavy (non-hydrogen) atoms. The minimum Gasteiger partial charge on any atom is -0.494 e. The second kappa shape index (κ2) is 9.00. The number of hydrogen-bond acceptors (Lipinski definition) is 5. The van der Waals surface area contributed by atoms with Gasteiger partial charge in [0.1, 0.15) is 17.6 Å². The van der Waals surface area contributed by atoms with E-state index in [-0.39, 0.29) is 6.54 Å². The van der Waals surface area contributed by atoms with Crippen LogP contribution in [0.2, 0.25) is 0 Å². The monoisotopic (exact) mass is 450 g/mol. The van der Waals surface area contributed by atoms with Crippen molar-refractivity contribution in [2.75, 3.05) is 17.2 Å². The standard InChI is InChI=1S/C24H26N4O3S/c1-4-18-6-8-19(9-7-18)16-28(32(3,29)30)21-14-23-24(25-15-21)27(17-26-23)20-10-12-22(13-11-20)31-5-2/h6-15,17H,4-5,16H2,1-3H3. The molecule has 0 aliphatic heterocycles. The van der Waals surface area contributed by atoms with E-state index >= 15 is 0 Å². The molecule has 0 amide bonds. The van der Waals surface area contributed by atoms with E-state index in [4.69, 9.17) is 4.74 Å². The molecule has 2 aromatic carbocycles. The second-order valence-corrected chi connectivity index (χ2v) is 9.42. The number of anilines is 1. The van der Waals surface area contributed by atoms with Crippen LogP contribution >= 0.6 is 0 Å². The number of fused-ring (bicyclic) bond motifs is 1. The lowest BCUT2D eigenvalue weighted by atomic mass is 10.1. The van der Waals surface area contributed by atoms with Crippen LogP contribution in [0.15, 0.2) is 67.1 Å². The number of aryl methyl sites for hydroxylation is 1.